The van der Waals surface area contributed by atoms with E-state index >= 15 is 0 Å². The fraction of sp³-hybridized carbons (Fsp3) is 0.100. The standard InChI is InChI=1S/C20H16ClN3OS/c1-12-9-10-24-19(14-5-8-17(26)16(21)11-14)18(23-20(24)22-12)13-3-6-15(25-2)7-4-13/h3-11,26H,1-2H3. The summed E-state index contributed by atoms with van der Waals surface area (Å²) in [6, 6.07) is 15.6. The van der Waals surface area contributed by atoms with Crippen LogP contribution in [-0.2, 0) is 0 Å². The maximum Gasteiger partial charge on any atom is 0.235 e. The molecule has 4 rings (SSSR count). The summed E-state index contributed by atoms with van der Waals surface area (Å²) in [5, 5.41) is 0.599. The van der Waals surface area contributed by atoms with Gasteiger partial charge in [0.1, 0.15) is 5.75 Å². The van der Waals surface area contributed by atoms with Crippen LogP contribution in [0.2, 0.25) is 5.02 Å². The zero-order valence-electron chi connectivity index (χ0n) is 14.3. The Morgan fingerprint density at radius 1 is 1.00 bits per heavy atom. The number of nitrogens with zero attached hydrogens (tertiary/aromatic N) is 3. The van der Waals surface area contributed by atoms with Crippen LogP contribution in [-0.4, -0.2) is 21.5 Å². The minimum Gasteiger partial charge on any atom is -0.497 e. The van der Waals surface area contributed by atoms with Crippen molar-refractivity contribution in [1.29, 1.82) is 0 Å². The molecule has 0 aliphatic heterocycles. The summed E-state index contributed by atoms with van der Waals surface area (Å²) in [5.41, 5.74) is 4.63. The first-order chi connectivity index (χ1) is 12.6. The van der Waals surface area contributed by atoms with E-state index in [2.05, 4.69) is 17.6 Å². The van der Waals surface area contributed by atoms with Crippen LogP contribution in [0.4, 0.5) is 0 Å². The number of hydrogen-bond acceptors (Lipinski definition) is 4. The van der Waals surface area contributed by atoms with Crippen LogP contribution in [0, 0.1) is 6.92 Å². The number of thiol groups is 1. The van der Waals surface area contributed by atoms with Crippen molar-refractivity contribution in [3.63, 3.8) is 0 Å². The predicted octanol–water partition coefficient (Wildman–Crippen LogP) is 5.32. The molecular formula is C20H16ClN3OS. The third-order valence-corrected chi connectivity index (χ3v) is 5.05. The van der Waals surface area contributed by atoms with E-state index in [1.54, 1.807) is 7.11 Å². The van der Waals surface area contributed by atoms with E-state index < -0.39 is 0 Å². The number of aryl methyl sites for hydroxylation is 1. The molecule has 0 unspecified atom stereocenters. The van der Waals surface area contributed by atoms with Crippen LogP contribution < -0.4 is 4.74 Å². The van der Waals surface area contributed by atoms with Gasteiger partial charge < -0.3 is 4.74 Å². The van der Waals surface area contributed by atoms with Gasteiger partial charge >= 0.3 is 0 Å². The monoisotopic (exact) mass is 381 g/mol. The van der Waals surface area contributed by atoms with Gasteiger partial charge in [-0.1, -0.05) is 17.7 Å². The van der Waals surface area contributed by atoms with Crippen LogP contribution >= 0.6 is 24.2 Å². The Morgan fingerprint density at radius 3 is 2.42 bits per heavy atom. The maximum absolute atomic E-state index is 6.31. The van der Waals surface area contributed by atoms with Gasteiger partial charge in [0.05, 0.1) is 23.5 Å². The number of aromatic nitrogens is 3. The first kappa shape index (κ1) is 16.9. The number of hydrogen-bond donors (Lipinski definition) is 1. The third kappa shape index (κ3) is 2.93. The highest BCUT2D eigenvalue weighted by molar-refractivity contribution is 7.80. The Labute approximate surface area is 161 Å². The Balaban J connectivity index is 2.00. The quantitative estimate of drug-likeness (QED) is 0.488. The van der Waals surface area contributed by atoms with E-state index in [1.165, 1.54) is 0 Å². The largest absolute Gasteiger partial charge is 0.497 e. The molecule has 4 nitrogen and oxygen atoms in total. The average Bonchev–Trinajstić information content (AvgIpc) is 3.02. The smallest absolute Gasteiger partial charge is 0.235 e. The lowest BCUT2D eigenvalue weighted by molar-refractivity contribution is 0.415. The van der Waals surface area contributed by atoms with Crippen molar-refractivity contribution < 1.29 is 4.74 Å². The minimum absolute atomic E-state index is 0.599. The minimum atomic E-state index is 0.599. The van der Waals surface area contributed by atoms with Crippen LogP contribution in [0.25, 0.3) is 28.3 Å². The van der Waals surface area contributed by atoms with Gasteiger partial charge in [-0.2, -0.15) is 0 Å². The molecule has 26 heavy (non-hydrogen) atoms. The molecular weight excluding hydrogens is 366 g/mol. The molecule has 0 saturated heterocycles. The van der Waals surface area contributed by atoms with Crippen molar-refractivity contribution in [2.24, 2.45) is 0 Å². The average molecular weight is 382 g/mol. The highest BCUT2D eigenvalue weighted by Crippen LogP contribution is 2.35. The van der Waals surface area contributed by atoms with Gasteiger partial charge in [0.2, 0.25) is 5.78 Å². The molecule has 0 aliphatic rings. The number of fused-ring (bicyclic) bond motifs is 1. The van der Waals surface area contributed by atoms with Crippen molar-refractivity contribution in [3.8, 4) is 28.3 Å². The summed E-state index contributed by atoms with van der Waals surface area (Å²) in [6.45, 7) is 1.95. The number of benzene rings is 2. The maximum atomic E-state index is 6.31. The van der Waals surface area contributed by atoms with Gasteiger partial charge in [-0.05, 0) is 49.4 Å². The molecule has 0 fully saturated rings. The van der Waals surface area contributed by atoms with Gasteiger partial charge in [-0.25, -0.2) is 9.97 Å². The van der Waals surface area contributed by atoms with Gasteiger partial charge in [0, 0.05) is 27.9 Å². The Bertz CT molecular complexity index is 1110. The predicted molar refractivity (Wildman–Crippen MR) is 107 cm³/mol. The summed E-state index contributed by atoms with van der Waals surface area (Å²) in [5.74, 6) is 1.45. The molecule has 0 spiro atoms. The fourth-order valence-corrected chi connectivity index (χ4v) is 3.22. The molecule has 0 saturated carbocycles. The molecule has 4 aromatic rings. The Hall–Kier alpha value is -2.50. The fourth-order valence-electron chi connectivity index (χ4n) is 2.90. The number of halogens is 1. The lowest BCUT2D eigenvalue weighted by atomic mass is 10.0. The van der Waals surface area contributed by atoms with Gasteiger partial charge in [0.25, 0.3) is 0 Å². The number of imidazole rings is 1. The van der Waals surface area contributed by atoms with Crippen molar-refractivity contribution in [2.75, 3.05) is 7.11 Å². The SMILES string of the molecule is COc1ccc(-c2nc3nc(C)ccn3c2-c2ccc(S)c(Cl)c2)cc1. The van der Waals surface area contributed by atoms with E-state index in [9.17, 15) is 0 Å². The van der Waals surface area contributed by atoms with E-state index in [0.29, 0.717) is 10.8 Å². The second-order valence-electron chi connectivity index (χ2n) is 5.94. The van der Waals surface area contributed by atoms with E-state index in [1.807, 2.05) is 66.1 Å². The first-order valence-electron chi connectivity index (χ1n) is 8.06. The van der Waals surface area contributed by atoms with Crippen LogP contribution in [0.15, 0.2) is 59.6 Å². The zero-order chi connectivity index (χ0) is 18.3. The van der Waals surface area contributed by atoms with Crippen molar-refractivity contribution >= 4 is 30.0 Å². The Morgan fingerprint density at radius 2 is 1.73 bits per heavy atom. The molecule has 130 valence electrons. The molecule has 0 aliphatic carbocycles. The summed E-state index contributed by atoms with van der Waals surface area (Å²) < 4.78 is 7.24. The van der Waals surface area contributed by atoms with Gasteiger partial charge in [-0.3, -0.25) is 4.40 Å². The van der Waals surface area contributed by atoms with Crippen LogP contribution in [0.5, 0.6) is 5.75 Å². The van der Waals surface area contributed by atoms with Gasteiger partial charge in [-0.15, -0.1) is 12.6 Å². The van der Waals surface area contributed by atoms with Gasteiger partial charge in [0.15, 0.2) is 0 Å². The molecule has 2 aromatic carbocycles. The summed E-state index contributed by atoms with van der Waals surface area (Å²) in [6.07, 6.45) is 1.98. The molecule has 6 heteroatoms. The van der Waals surface area contributed by atoms with Crippen molar-refractivity contribution in [1.82, 2.24) is 14.4 Å². The second-order valence-corrected chi connectivity index (χ2v) is 6.83. The van der Waals surface area contributed by atoms with Crippen molar-refractivity contribution in [2.45, 2.75) is 11.8 Å². The van der Waals surface area contributed by atoms with E-state index in [4.69, 9.17) is 21.3 Å². The highest BCUT2D eigenvalue weighted by atomic mass is 35.5. The van der Waals surface area contributed by atoms with Crippen LogP contribution in [0.3, 0.4) is 0 Å². The molecule has 0 N–H and O–H groups in total. The van der Waals surface area contributed by atoms with Crippen molar-refractivity contribution in [3.05, 3.63) is 65.4 Å². The first-order valence-corrected chi connectivity index (χ1v) is 8.88. The summed E-state index contributed by atoms with van der Waals surface area (Å²) >= 11 is 10.7. The summed E-state index contributed by atoms with van der Waals surface area (Å²) in [7, 11) is 1.65. The molecule has 0 bridgehead atoms. The lowest BCUT2D eigenvalue weighted by Crippen LogP contribution is -1.93. The topological polar surface area (TPSA) is 39.4 Å². The summed E-state index contributed by atoms with van der Waals surface area (Å²) in [4.78, 5) is 10.1. The molecule has 2 heterocycles. The van der Waals surface area contributed by atoms with E-state index in [-0.39, 0.29) is 0 Å². The number of rotatable bonds is 3. The molecule has 0 radical (unpaired) electrons. The number of ether oxygens (including phenoxy) is 1. The normalized spacial score (nSPS) is 11.1. The van der Waals surface area contributed by atoms with Crippen LogP contribution in [0.1, 0.15) is 5.69 Å². The second kappa shape index (κ2) is 6.67. The zero-order valence-corrected chi connectivity index (χ0v) is 15.9. The lowest BCUT2D eigenvalue weighted by Gasteiger charge is -2.08. The number of methoxy groups -OCH3 is 1. The third-order valence-electron chi connectivity index (χ3n) is 4.22. The molecule has 2 aromatic heterocycles. The highest BCUT2D eigenvalue weighted by Gasteiger charge is 2.17. The molecule has 0 amide bonds. The van der Waals surface area contributed by atoms with E-state index in [0.717, 1.165) is 38.9 Å². The Kier molecular flexibility index (Phi) is 4.34. The molecule has 0 atom stereocenters.